The second-order valence-corrected chi connectivity index (χ2v) is 26.5. The maximum absolute atomic E-state index is 2.82. The number of hydrogen-bond acceptors (Lipinski definition) is 3. The third-order valence-electron chi connectivity index (χ3n) is 18.7. The van der Waals surface area contributed by atoms with E-state index in [-0.39, 0.29) is 44.7 Å². The summed E-state index contributed by atoms with van der Waals surface area (Å²) in [5.41, 5.74) is 23.0. The standard InChI is InChI=1S/C67H76BN3/c1-43-38-58-60-59(39-43)70(54-34-28-46(62(5,6)7)40-50(54)44-22-18-17-19-23-44)56-25-21-20-24-52(56)68(60)53-33-32-49(42-57(53)69(58)48-30-26-45(27-31-48)61(2,3)4)71-55-35-29-47(63(8,9)10)41-51(55)66(15)64(11,12)36-37-65(13,14)67(66,71)16/h17-35,38-42H,36-37H2,1-16H3. The summed E-state index contributed by atoms with van der Waals surface area (Å²) in [6.07, 6.45) is 2.35. The summed E-state index contributed by atoms with van der Waals surface area (Å²) >= 11 is 0. The molecule has 4 heteroatoms. The molecule has 0 bridgehead atoms. The molecule has 0 amide bonds. The van der Waals surface area contributed by atoms with Gasteiger partial charge in [0.25, 0.3) is 6.71 Å². The average Bonchev–Trinajstić information content (AvgIpc) is 3.54. The summed E-state index contributed by atoms with van der Waals surface area (Å²) in [6, 6.07) is 57.0. The minimum absolute atomic E-state index is 0.00459. The van der Waals surface area contributed by atoms with Crippen LogP contribution in [0.2, 0.25) is 0 Å². The Morgan fingerprint density at radius 3 is 1.62 bits per heavy atom. The van der Waals surface area contributed by atoms with Gasteiger partial charge >= 0.3 is 0 Å². The molecular weight excluding hydrogens is 858 g/mol. The largest absolute Gasteiger partial charge is 0.334 e. The Balaban J connectivity index is 1.19. The quantitative estimate of drug-likeness (QED) is 0.163. The minimum Gasteiger partial charge on any atom is -0.334 e. The van der Waals surface area contributed by atoms with Crippen molar-refractivity contribution in [3.8, 4) is 11.1 Å². The van der Waals surface area contributed by atoms with E-state index in [9.17, 15) is 0 Å². The molecule has 0 N–H and O–H groups in total. The molecule has 0 aromatic heterocycles. The molecule has 1 saturated carbocycles. The van der Waals surface area contributed by atoms with Crippen LogP contribution in [0.5, 0.6) is 0 Å². The molecule has 0 spiro atoms. The van der Waals surface area contributed by atoms with Crippen molar-refractivity contribution in [2.24, 2.45) is 10.8 Å². The molecule has 2 atom stereocenters. The summed E-state index contributed by atoms with van der Waals surface area (Å²) in [7, 11) is 0. The van der Waals surface area contributed by atoms with E-state index in [4.69, 9.17) is 0 Å². The van der Waals surface area contributed by atoms with Crippen LogP contribution in [-0.2, 0) is 21.7 Å². The summed E-state index contributed by atoms with van der Waals surface area (Å²) < 4.78 is 0. The number of aryl methyl sites for hydroxylation is 1. The third-order valence-corrected chi connectivity index (χ3v) is 18.7. The van der Waals surface area contributed by atoms with Crippen molar-refractivity contribution in [2.45, 2.75) is 151 Å². The first-order chi connectivity index (χ1) is 33.3. The van der Waals surface area contributed by atoms with Crippen molar-refractivity contribution < 1.29 is 0 Å². The number of fused-ring (bicyclic) bond motifs is 7. The Bertz CT molecular complexity index is 3270. The Morgan fingerprint density at radius 1 is 0.437 bits per heavy atom. The molecule has 3 heterocycles. The van der Waals surface area contributed by atoms with Gasteiger partial charge in [0.1, 0.15) is 0 Å². The Hall–Kier alpha value is -6.00. The van der Waals surface area contributed by atoms with Crippen molar-refractivity contribution in [3.05, 3.63) is 173 Å². The Kier molecular flexibility index (Phi) is 10.3. The van der Waals surface area contributed by atoms with Crippen LogP contribution < -0.4 is 31.1 Å². The molecule has 1 fully saturated rings. The van der Waals surface area contributed by atoms with Crippen molar-refractivity contribution in [1.29, 1.82) is 0 Å². The van der Waals surface area contributed by atoms with Gasteiger partial charge in [0, 0.05) is 50.8 Å². The lowest BCUT2D eigenvalue weighted by atomic mass is 9.33. The van der Waals surface area contributed by atoms with Crippen molar-refractivity contribution in [1.82, 2.24) is 0 Å². The zero-order valence-corrected chi connectivity index (χ0v) is 45.7. The minimum atomic E-state index is -0.235. The molecule has 362 valence electrons. The topological polar surface area (TPSA) is 9.72 Å². The monoisotopic (exact) mass is 934 g/mol. The van der Waals surface area contributed by atoms with Gasteiger partial charge in [-0.25, -0.2) is 0 Å². The lowest BCUT2D eigenvalue weighted by molar-refractivity contribution is -0.0415. The van der Waals surface area contributed by atoms with E-state index in [1.165, 1.54) is 107 Å². The zero-order valence-electron chi connectivity index (χ0n) is 45.7. The third kappa shape index (κ3) is 6.82. The smallest absolute Gasteiger partial charge is 0.252 e. The fraction of sp³-hybridized carbons (Fsp3) is 0.373. The maximum Gasteiger partial charge on any atom is 0.252 e. The molecule has 1 aliphatic carbocycles. The van der Waals surface area contributed by atoms with Gasteiger partial charge in [-0.05, 0) is 164 Å². The highest BCUT2D eigenvalue weighted by Gasteiger charge is 2.70. The highest BCUT2D eigenvalue weighted by Crippen LogP contribution is 2.71. The second kappa shape index (κ2) is 15.5. The van der Waals surface area contributed by atoms with E-state index in [0.717, 1.165) is 6.42 Å². The molecule has 3 nitrogen and oxygen atoms in total. The Labute approximate surface area is 427 Å². The predicted molar refractivity (Wildman–Crippen MR) is 308 cm³/mol. The van der Waals surface area contributed by atoms with Crippen molar-refractivity contribution >= 4 is 68.6 Å². The van der Waals surface area contributed by atoms with Crippen LogP contribution in [-0.4, -0.2) is 12.3 Å². The van der Waals surface area contributed by atoms with Gasteiger partial charge in [0.05, 0.1) is 11.2 Å². The molecule has 0 radical (unpaired) electrons. The zero-order chi connectivity index (χ0) is 50.6. The first kappa shape index (κ1) is 47.3. The van der Waals surface area contributed by atoms with Crippen LogP contribution in [0.4, 0.5) is 45.5 Å². The van der Waals surface area contributed by atoms with Gasteiger partial charge in [-0.15, -0.1) is 0 Å². The van der Waals surface area contributed by atoms with Gasteiger partial charge in [0.15, 0.2) is 0 Å². The van der Waals surface area contributed by atoms with Crippen LogP contribution in [0.25, 0.3) is 11.1 Å². The predicted octanol–water partition coefficient (Wildman–Crippen LogP) is 16.7. The summed E-state index contributed by atoms with van der Waals surface area (Å²) in [5, 5.41) is 0. The van der Waals surface area contributed by atoms with Gasteiger partial charge < -0.3 is 14.7 Å². The van der Waals surface area contributed by atoms with E-state index in [1.54, 1.807) is 0 Å². The Morgan fingerprint density at radius 2 is 0.972 bits per heavy atom. The molecule has 7 aromatic carbocycles. The van der Waals surface area contributed by atoms with E-state index in [2.05, 4.69) is 271 Å². The average molecular weight is 934 g/mol. The van der Waals surface area contributed by atoms with Gasteiger partial charge in [0.2, 0.25) is 0 Å². The van der Waals surface area contributed by atoms with Crippen LogP contribution in [0, 0.1) is 17.8 Å². The van der Waals surface area contributed by atoms with Crippen LogP contribution in [0.1, 0.15) is 145 Å². The van der Waals surface area contributed by atoms with E-state index >= 15 is 0 Å². The first-order valence-electron chi connectivity index (χ1n) is 26.5. The normalized spacial score (nSPS) is 20.8. The fourth-order valence-corrected chi connectivity index (χ4v) is 13.7. The number of rotatable bonds is 4. The van der Waals surface area contributed by atoms with Crippen LogP contribution >= 0.6 is 0 Å². The van der Waals surface area contributed by atoms with E-state index < -0.39 is 0 Å². The van der Waals surface area contributed by atoms with Crippen LogP contribution in [0.15, 0.2) is 146 Å². The maximum atomic E-state index is 2.82. The number of hydrogen-bond donors (Lipinski definition) is 0. The van der Waals surface area contributed by atoms with Gasteiger partial charge in [-0.3, -0.25) is 0 Å². The number of benzene rings is 7. The van der Waals surface area contributed by atoms with Crippen molar-refractivity contribution in [3.63, 3.8) is 0 Å². The van der Waals surface area contributed by atoms with Gasteiger partial charge in [-0.2, -0.15) is 0 Å². The molecular formula is C67H76BN3. The molecule has 7 aromatic rings. The van der Waals surface area contributed by atoms with Gasteiger partial charge in [-0.1, -0.05) is 182 Å². The SMILES string of the molecule is Cc1cc2c3c(c1)N(c1ccc(C(C)(C)C)cc1-c1ccccc1)c1ccccc1B3c1ccc(N3c4ccc(C(C)(C)C)cc4C4(C)C(C)(C)CCC(C)(C)C34C)cc1N2c1ccc(C(C)(C)C)cc1. The fourth-order valence-electron chi connectivity index (χ4n) is 13.7. The number of nitrogens with zero attached hydrogens (tertiary/aromatic N) is 3. The molecule has 0 saturated heterocycles. The van der Waals surface area contributed by atoms with Crippen molar-refractivity contribution in [2.75, 3.05) is 14.7 Å². The second-order valence-electron chi connectivity index (χ2n) is 26.5. The number of para-hydroxylation sites is 1. The van der Waals surface area contributed by atoms with Crippen LogP contribution in [0.3, 0.4) is 0 Å². The summed E-state index contributed by atoms with van der Waals surface area (Å²) in [5.74, 6) is 0. The van der Waals surface area contributed by atoms with E-state index in [1.807, 2.05) is 0 Å². The highest BCUT2D eigenvalue weighted by atomic mass is 15.3. The number of anilines is 8. The summed E-state index contributed by atoms with van der Waals surface area (Å²) in [4.78, 5) is 8.03. The lowest BCUT2D eigenvalue weighted by Crippen LogP contribution is -2.69. The molecule has 3 aliphatic heterocycles. The first-order valence-corrected chi connectivity index (χ1v) is 26.5. The highest BCUT2D eigenvalue weighted by molar-refractivity contribution is 7.00. The molecule has 2 unspecified atom stereocenters. The summed E-state index contributed by atoms with van der Waals surface area (Å²) in [6.45, 7) is 38.7. The molecule has 71 heavy (non-hydrogen) atoms. The van der Waals surface area contributed by atoms with E-state index in [0.29, 0.717) is 0 Å². The molecule has 11 rings (SSSR count). The molecule has 4 aliphatic rings. The lowest BCUT2D eigenvalue weighted by Gasteiger charge is -2.65.